The third-order valence-corrected chi connectivity index (χ3v) is 3.98. The molecule has 0 fully saturated rings. The molecule has 4 nitrogen and oxygen atoms in total. The lowest BCUT2D eigenvalue weighted by molar-refractivity contribution is 0.334. The first-order valence-corrected chi connectivity index (χ1v) is 7.79. The lowest BCUT2D eigenvalue weighted by Crippen LogP contribution is -2.19. The van der Waals surface area contributed by atoms with E-state index in [1.54, 1.807) is 0 Å². The molecule has 0 aliphatic heterocycles. The molecular weight excluding hydrogens is 270 g/mol. The molecule has 5 heteroatoms. The number of nitrogens with zero attached hydrogens (tertiary/aromatic N) is 2. The summed E-state index contributed by atoms with van der Waals surface area (Å²) in [7, 11) is 1.96. The van der Waals surface area contributed by atoms with Crippen LogP contribution < -0.4 is 10.1 Å². The number of hydrogen-bond acceptors (Lipinski definition) is 5. The minimum absolute atomic E-state index is 0.0827. The number of aromatic nitrogens is 2. The second-order valence-electron chi connectivity index (χ2n) is 4.53. The monoisotopic (exact) mass is 291 g/mol. The fourth-order valence-electron chi connectivity index (χ4n) is 2.28. The topological polar surface area (TPSA) is 47.0 Å². The Morgan fingerprint density at radius 1 is 1.30 bits per heavy atom. The van der Waals surface area contributed by atoms with Crippen molar-refractivity contribution in [3.8, 4) is 5.75 Å². The van der Waals surface area contributed by atoms with E-state index >= 15 is 0 Å². The lowest BCUT2D eigenvalue weighted by atomic mass is 10.0. The summed E-state index contributed by atoms with van der Waals surface area (Å²) in [4.78, 5) is 1.18. The van der Waals surface area contributed by atoms with Gasteiger partial charge in [0.15, 0.2) is 0 Å². The molecule has 0 aliphatic carbocycles. The standard InChI is InChI=1S/C15H21N3OS/c1-4-8-12-15(20-18-17-12)14(16-3)11-9-6-7-10-13(11)19-5-2/h6-7,9-10,14,16H,4-5,8H2,1-3H3. The van der Waals surface area contributed by atoms with Gasteiger partial charge in [-0.3, -0.25) is 0 Å². The minimum Gasteiger partial charge on any atom is -0.494 e. The van der Waals surface area contributed by atoms with Crippen LogP contribution in [0.3, 0.4) is 0 Å². The quantitative estimate of drug-likeness (QED) is 0.851. The summed E-state index contributed by atoms with van der Waals surface area (Å²) in [5.74, 6) is 0.921. The fraction of sp³-hybridized carbons (Fsp3) is 0.467. The molecule has 1 aromatic heterocycles. The molecule has 20 heavy (non-hydrogen) atoms. The second-order valence-corrected chi connectivity index (χ2v) is 5.31. The smallest absolute Gasteiger partial charge is 0.124 e. The minimum atomic E-state index is 0.0827. The number of ether oxygens (including phenoxy) is 1. The SMILES string of the molecule is CCCc1nnsc1C(NC)c1ccccc1OCC. The van der Waals surface area contributed by atoms with Crippen LogP contribution in [0.15, 0.2) is 24.3 Å². The van der Waals surface area contributed by atoms with Gasteiger partial charge in [0.25, 0.3) is 0 Å². The number of nitrogens with one attached hydrogen (secondary N) is 1. The van der Waals surface area contributed by atoms with E-state index in [0.717, 1.165) is 29.8 Å². The molecule has 1 heterocycles. The van der Waals surface area contributed by atoms with Crippen molar-refractivity contribution in [3.63, 3.8) is 0 Å². The van der Waals surface area contributed by atoms with Gasteiger partial charge in [0.05, 0.1) is 23.2 Å². The summed E-state index contributed by atoms with van der Waals surface area (Å²) in [6, 6.07) is 8.23. The predicted molar refractivity (Wildman–Crippen MR) is 82.4 cm³/mol. The van der Waals surface area contributed by atoms with Gasteiger partial charge in [-0.2, -0.15) is 0 Å². The van der Waals surface area contributed by atoms with Crippen molar-refractivity contribution >= 4 is 11.5 Å². The Morgan fingerprint density at radius 2 is 2.10 bits per heavy atom. The molecule has 0 radical (unpaired) electrons. The van der Waals surface area contributed by atoms with Crippen molar-refractivity contribution in [1.29, 1.82) is 0 Å². The molecule has 1 atom stereocenters. The normalized spacial score (nSPS) is 12.3. The van der Waals surface area contributed by atoms with Crippen LogP contribution in [-0.2, 0) is 6.42 Å². The van der Waals surface area contributed by atoms with Gasteiger partial charge >= 0.3 is 0 Å². The Bertz CT molecular complexity index is 541. The Kier molecular flexibility index (Phi) is 5.49. The fourth-order valence-corrected chi connectivity index (χ4v) is 3.10. The first kappa shape index (κ1) is 14.9. The zero-order valence-electron chi connectivity index (χ0n) is 12.2. The average Bonchev–Trinajstić information content (AvgIpc) is 2.91. The van der Waals surface area contributed by atoms with Crippen molar-refractivity contribution in [3.05, 3.63) is 40.4 Å². The van der Waals surface area contributed by atoms with Crippen molar-refractivity contribution in [2.45, 2.75) is 32.7 Å². The summed E-state index contributed by atoms with van der Waals surface area (Å²) in [6.07, 6.45) is 2.03. The van der Waals surface area contributed by atoms with Crippen LogP contribution >= 0.6 is 11.5 Å². The summed E-state index contributed by atoms with van der Waals surface area (Å²) < 4.78 is 9.86. The molecule has 1 N–H and O–H groups in total. The zero-order chi connectivity index (χ0) is 14.4. The molecule has 0 spiro atoms. The highest BCUT2D eigenvalue weighted by Gasteiger charge is 2.22. The van der Waals surface area contributed by atoms with Crippen LogP contribution in [0.2, 0.25) is 0 Å². The maximum absolute atomic E-state index is 5.74. The van der Waals surface area contributed by atoms with Crippen LogP contribution in [0.5, 0.6) is 5.75 Å². The molecule has 108 valence electrons. The van der Waals surface area contributed by atoms with E-state index in [0.29, 0.717) is 6.61 Å². The number of benzene rings is 1. The van der Waals surface area contributed by atoms with Gasteiger partial charge in [0.2, 0.25) is 0 Å². The van der Waals surface area contributed by atoms with E-state index in [-0.39, 0.29) is 6.04 Å². The van der Waals surface area contributed by atoms with Crippen LogP contribution in [0.4, 0.5) is 0 Å². The first-order chi connectivity index (χ1) is 9.81. The summed E-state index contributed by atoms with van der Waals surface area (Å²) in [5.41, 5.74) is 2.23. The van der Waals surface area contributed by atoms with Gasteiger partial charge in [-0.1, -0.05) is 36.0 Å². The summed E-state index contributed by atoms with van der Waals surface area (Å²) >= 11 is 1.46. The van der Waals surface area contributed by atoms with E-state index in [1.165, 1.54) is 16.4 Å². The molecule has 2 aromatic rings. The third kappa shape index (κ3) is 3.16. The van der Waals surface area contributed by atoms with Crippen LogP contribution in [0.25, 0.3) is 0 Å². The number of para-hydroxylation sites is 1. The highest BCUT2D eigenvalue weighted by Crippen LogP contribution is 2.33. The number of hydrogen-bond donors (Lipinski definition) is 1. The van der Waals surface area contributed by atoms with E-state index < -0.39 is 0 Å². The first-order valence-electron chi connectivity index (χ1n) is 7.01. The van der Waals surface area contributed by atoms with E-state index in [1.807, 2.05) is 32.2 Å². The van der Waals surface area contributed by atoms with Gasteiger partial charge < -0.3 is 10.1 Å². The van der Waals surface area contributed by atoms with E-state index in [9.17, 15) is 0 Å². The molecule has 0 saturated heterocycles. The summed E-state index contributed by atoms with van der Waals surface area (Å²) in [6.45, 7) is 4.82. The Morgan fingerprint density at radius 3 is 2.80 bits per heavy atom. The highest BCUT2D eigenvalue weighted by atomic mass is 32.1. The van der Waals surface area contributed by atoms with E-state index in [4.69, 9.17) is 4.74 Å². The highest BCUT2D eigenvalue weighted by molar-refractivity contribution is 7.05. The molecule has 0 amide bonds. The Balaban J connectivity index is 2.39. The maximum atomic E-state index is 5.74. The van der Waals surface area contributed by atoms with Gasteiger partial charge in [0.1, 0.15) is 5.75 Å². The van der Waals surface area contributed by atoms with Gasteiger partial charge in [0, 0.05) is 5.56 Å². The lowest BCUT2D eigenvalue weighted by Gasteiger charge is -2.19. The largest absolute Gasteiger partial charge is 0.494 e. The molecule has 1 aromatic carbocycles. The maximum Gasteiger partial charge on any atom is 0.124 e. The third-order valence-electron chi connectivity index (χ3n) is 3.15. The summed E-state index contributed by atoms with van der Waals surface area (Å²) in [5, 5.41) is 7.63. The molecular formula is C15H21N3OS. The zero-order valence-corrected chi connectivity index (χ0v) is 13.0. The molecule has 0 aliphatic rings. The number of rotatable bonds is 7. The van der Waals surface area contributed by atoms with Crippen molar-refractivity contribution in [2.75, 3.05) is 13.7 Å². The van der Waals surface area contributed by atoms with Crippen LogP contribution in [0, 0.1) is 0 Å². The van der Waals surface area contributed by atoms with Gasteiger partial charge in [-0.05, 0) is 38.0 Å². The molecule has 2 rings (SSSR count). The van der Waals surface area contributed by atoms with Crippen LogP contribution in [0.1, 0.15) is 42.4 Å². The molecule has 0 saturated carbocycles. The average molecular weight is 291 g/mol. The molecule has 1 unspecified atom stereocenters. The van der Waals surface area contributed by atoms with Gasteiger partial charge in [-0.15, -0.1) is 5.10 Å². The Hall–Kier alpha value is -1.46. The van der Waals surface area contributed by atoms with Crippen molar-refractivity contribution in [1.82, 2.24) is 14.9 Å². The van der Waals surface area contributed by atoms with Crippen LogP contribution in [-0.4, -0.2) is 23.2 Å². The van der Waals surface area contributed by atoms with E-state index in [2.05, 4.69) is 27.9 Å². The van der Waals surface area contributed by atoms with Gasteiger partial charge in [-0.25, -0.2) is 0 Å². The Labute approximate surface area is 124 Å². The second kappa shape index (κ2) is 7.36. The molecule has 0 bridgehead atoms. The number of aryl methyl sites for hydroxylation is 1. The van der Waals surface area contributed by atoms with Crippen molar-refractivity contribution < 1.29 is 4.74 Å². The van der Waals surface area contributed by atoms with Crippen molar-refractivity contribution in [2.24, 2.45) is 0 Å². The predicted octanol–water partition coefficient (Wildman–Crippen LogP) is 3.20.